The summed E-state index contributed by atoms with van der Waals surface area (Å²) in [6.07, 6.45) is 0. The lowest BCUT2D eigenvalue weighted by atomic mass is 10.1. The van der Waals surface area contributed by atoms with Crippen LogP contribution in [0.2, 0.25) is 0 Å². The van der Waals surface area contributed by atoms with Crippen LogP contribution in [-0.2, 0) is 11.3 Å². The Morgan fingerprint density at radius 2 is 1.69 bits per heavy atom. The van der Waals surface area contributed by atoms with E-state index in [1.165, 1.54) is 0 Å². The minimum atomic E-state index is -0.124. The molecule has 1 heterocycles. The van der Waals surface area contributed by atoms with E-state index in [9.17, 15) is 9.59 Å². The summed E-state index contributed by atoms with van der Waals surface area (Å²) < 4.78 is 5.48. The Morgan fingerprint density at radius 3 is 2.45 bits per heavy atom. The maximum Gasteiger partial charge on any atom is 0.265 e. The molecule has 3 aromatic carbocycles. The van der Waals surface area contributed by atoms with Crippen molar-refractivity contribution in [2.24, 2.45) is 0 Å². The Bertz CT molecular complexity index is 1020. The molecule has 5 nitrogen and oxygen atoms in total. The fourth-order valence-corrected chi connectivity index (χ4v) is 3.38. The average Bonchev–Trinajstić information content (AvgIpc) is 2.77. The normalized spacial score (nSPS) is 14.0. The van der Waals surface area contributed by atoms with Crippen molar-refractivity contribution in [2.75, 3.05) is 11.5 Å². The van der Waals surface area contributed by atoms with Gasteiger partial charge in [-0.2, -0.15) is 0 Å². The number of hydrogen-bond acceptors (Lipinski definition) is 3. The van der Waals surface area contributed by atoms with E-state index < -0.39 is 0 Å². The third-order valence-corrected chi connectivity index (χ3v) is 5.01. The zero-order valence-electron chi connectivity index (χ0n) is 16.2. The second-order valence-corrected chi connectivity index (χ2v) is 7.04. The average molecular weight is 386 g/mol. The quantitative estimate of drug-likeness (QED) is 0.718. The van der Waals surface area contributed by atoms with E-state index in [1.54, 1.807) is 17.0 Å². The number of carbonyl (C=O) groups is 2. The number of rotatable bonds is 5. The summed E-state index contributed by atoms with van der Waals surface area (Å²) >= 11 is 0. The van der Waals surface area contributed by atoms with Crippen molar-refractivity contribution in [1.82, 2.24) is 5.32 Å². The molecule has 1 unspecified atom stereocenters. The summed E-state index contributed by atoms with van der Waals surface area (Å²) in [6.45, 7) is 2.43. The number of anilines is 1. The highest BCUT2D eigenvalue weighted by molar-refractivity contribution is 5.98. The van der Waals surface area contributed by atoms with Gasteiger partial charge in [0.2, 0.25) is 0 Å². The van der Waals surface area contributed by atoms with Gasteiger partial charge in [-0.05, 0) is 42.3 Å². The van der Waals surface area contributed by atoms with Crippen molar-refractivity contribution in [3.63, 3.8) is 0 Å². The molecule has 0 aromatic heterocycles. The van der Waals surface area contributed by atoms with Gasteiger partial charge in [-0.1, -0.05) is 54.6 Å². The topological polar surface area (TPSA) is 58.6 Å². The molecule has 0 aliphatic carbocycles. The Hall–Kier alpha value is -3.60. The predicted molar refractivity (Wildman–Crippen MR) is 112 cm³/mol. The van der Waals surface area contributed by atoms with Gasteiger partial charge in [-0.15, -0.1) is 0 Å². The maximum atomic E-state index is 12.6. The number of nitrogens with one attached hydrogen (secondary N) is 1. The summed E-state index contributed by atoms with van der Waals surface area (Å²) in [6, 6.07) is 24.6. The number of para-hydroxylation sites is 2. The smallest absolute Gasteiger partial charge is 0.265 e. The lowest BCUT2D eigenvalue weighted by molar-refractivity contribution is -0.121. The van der Waals surface area contributed by atoms with Gasteiger partial charge in [0.1, 0.15) is 5.75 Å². The minimum absolute atomic E-state index is 0.0366. The highest BCUT2D eigenvalue weighted by Gasteiger charge is 2.25. The molecule has 0 fully saturated rings. The van der Waals surface area contributed by atoms with Crippen molar-refractivity contribution in [3.05, 3.63) is 95.6 Å². The van der Waals surface area contributed by atoms with E-state index in [4.69, 9.17) is 4.74 Å². The second kappa shape index (κ2) is 8.19. The lowest BCUT2D eigenvalue weighted by Crippen LogP contribution is -2.38. The number of hydrogen-bond donors (Lipinski definition) is 1. The first-order chi connectivity index (χ1) is 14.1. The Kier molecular flexibility index (Phi) is 5.29. The van der Waals surface area contributed by atoms with Crippen LogP contribution in [0.4, 0.5) is 5.69 Å². The van der Waals surface area contributed by atoms with E-state index in [0.717, 1.165) is 16.8 Å². The van der Waals surface area contributed by atoms with Gasteiger partial charge in [0.15, 0.2) is 6.61 Å². The molecule has 3 aromatic rings. The van der Waals surface area contributed by atoms with Gasteiger partial charge in [0, 0.05) is 5.56 Å². The van der Waals surface area contributed by atoms with Crippen LogP contribution in [0, 0.1) is 0 Å². The fraction of sp³-hybridized carbons (Fsp3) is 0.167. The molecule has 5 heteroatoms. The van der Waals surface area contributed by atoms with Crippen molar-refractivity contribution in [3.8, 4) is 5.75 Å². The highest BCUT2D eigenvalue weighted by atomic mass is 16.5. The fourth-order valence-electron chi connectivity index (χ4n) is 3.38. The summed E-state index contributed by atoms with van der Waals surface area (Å²) in [5.41, 5.74) is 3.36. The number of amides is 2. The molecule has 0 bridgehead atoms. The lowest BCUT2D eigenvalue weighted by Gasteiger charge is -2.29. The Balaban J connectivity index is 1.44. The van der Waals surface area contributed by atoms with Crippen LogP contribution in [0.3, 0.4) is 0 Å². The molecule has 1 atom stereocenters. The molecule has 4 rings (SSSR count). The van der Waals surface area contributed by atoms with Gasteiger partial charge >= 0.3 is 0 Å². The molecule has 1 N–H and O–H groups in total. The first kappa shape index (κ1) is 18.7. The van der Waals surface area contributed by atoms with Crippen LogP contribution >= 0.6 is 0 Å². The van der Waals surface area contributed by atoms with E-state index >= 15 is 0 Å². The summed E-state index contributed by atoms with van der Waals surface area (Å²) in [4.78, 5) is 26.6. The Morgan fingerprint density at radius 1 is 1.00 bits per heavy atom. The molecular formula is C24H22N2O3. The number of nitrogens with zero attached hydrogens (tertiary/aromatic N) is 1. The first-order valence-electron chi connectivity index (χ1n) is 9.59. The molecule has 1 aliphatic heterocycles. The van der Waals surface area contributed by atoms with Crippen molar-refractivity contribution < 1.29 is 14.3 Å². The molecule has 0 saturated heterocycles. The van der Waals surface area contributed by atoms with Crippen molar-refractivity contribution in [2.45, 2.75) is 19.5 Å². The van der Waals surface area contributed by atoms with Crippen LogP contribution < -0.4 is 15.0 Å². The molecular weight excluding hydrogens is 364 g/mol. The molecule has 1 aliphatic rings. The van der Waals surface area contributed by atoms with Gasteiger partial charge in [-0.3, -0.25) is 9.59 Å². The van der Waals surface area contributed by atoms with E-state index in [2.05, 4.69) is 5.32 Å². The zero-order chi connectivity index (χ0) is 20.2. The van der Waals surface area contributed by atoms with E-state index in [0.29, 0.717) is 17.9 Å². The Labute approximate surface area is 169 Å². The molecule has 2 amide bonds. The number of carbonyl (C=O) groups excluding carboxylic acids is 2. The number of ether oxygens (including phenoxy) is 1. The van der Waals surface area contributed by atoms with Crippen molar-refractivity contribution in [1.29, 1.82) is 0 Å². The number of benzene rings is 3. The summed E-state index contributed by atoms with van der Waals surface area (Å²) in [7, 11) is 0. The largest absolute Gasteiger partial charge is 0.482 e. The summed E-state index contributed by atoms with van der Waals surface area (Å²) in [5, 5.41) is 3.01. The summed E-state index contributed by atoms with van der Waals surface area (Å²) in [5.74, 6) is 0.501. The van der Waals surface area contributed by atoms with Gasteiger partial charge < -0.3 is 15.0 Å². The van der Waals surface area contributed by atoms with Gasteiger partial charge in [-0.25, -0.2) is 0 Å². The highest BCUT2D eigenvalue weighted by Crippen LogP contribution is 2.32. The predicted octanol–water partition coefficient (Wildman–Crippen LogP) is 4.10. The van der Waals surface area contributed by atoms with Crippen LogP contribution in [0.25, 0.3) is 0 Å². The van der Waals surface area contributed by atoms with E-state index in [1.807, 2.05) is 73.7 Å². The standard InChI is InChI=1S/C24H22N2O3/c1-17(19-7-3-2-4-8-19)25-24(28)20-13-11-18(12-14-20)15-26-21-9-5-6-10-22(21)29-16-23(26)27/h2-14,17H,15-16H2,1H3,(H,25,28). The monoisotopic (exact) mass is 386 g/mol. The van der Waals surface area contributed by atoms with Crippen LogP contribution in [0.1, 0.15) is 34.5 Å². The number of fused-ring (bicyclic) bond motifs is 1. The first-order valence-corrected chi connectivity index (χ1v) is 9.59. The van der Waals surface area contributed by atoms with Gasteiger partial charge in [0.25, 0.3) is 11.8 Å². The second-order valence-electron chi connectivity index (χ2n) is 7.04. The minimum Gasteiger partial charge on any atom is -0.482 e. The molecule has 0 radical (unpaired) electrons. The maximum absolute atomic E-state index is 12.6. The third-order valence-electron chi connectivity index (χ3n) is 5.01. The molecule has 29 heavy (non-hydrogen) atoms. The molecule has 0 saturated carbocycles. The van der Waals surface area contributed by atoms with Crippen LogP contribution in [0.5, 0.6) is 5.75 Å². The molecule has 146 valence electrons. The SMILES string of the molecule is CC(NC(=O)c1ccc(CN2C(=O)COc3ccccc32)cc1)c1ccccc1. The zero-order valence-corrected chi connectivity index (χ0v) is 16.2. The van der Waals surface area contributed by atoms with Crippen LogP contribution in [0.15, 0.2) is 78.9 Å². The van der Waals surface area contributed by atoms with Crippen LogP contribution in [-0.4, -0.2) is 18.4 Å². The van der Waals surface area contributed by atoms with Crippen molar-refractivity contribution >= 4 is 17.5 Å². The third kappa shape index (κ3) is 4.14. The van der Waals surface area contributed by atoms with Gasteiger partial charge in [0.05, 0.1) is 18.3 Å². The van der Waals surface area contributed by atoms with E-state index in [-0.39, 0.29) is 24.5 Å². The molecule has 0 spiro atoms.